The first-order chi connectivity index (χ1) is 38.6. The van der Waals surface area contributed by atoms with Crippen LogP contribution in [0.15, 0.2) is 252 Å². The second-order valence-corrected chi connectivity index (χ2v) is 21.9. The first-order valence-electron chi connectivity index (χ1n) is 27.2. The van der Waals surface area contributed by atoms with Crippen molar-refractivity contribution in [1.82, 2.24) is 0 Å². The molecule has 2 heterocycles. The highest BCUT2D eigenvalue weighted by atomic mass is 32.2. The first-order valence-corrected chi connectivity index (χ1v) is 29.0. The Kier molecular flexibility index (Phi) is 22.6. The van der Waals surface area contributed by atoms with Crippen LogP contribution in [0.25, 0.3) is 0 Å². The molecule has 4 unspecified atom stereocenters. The van der Waals surface area contributed by atoms with E-state index in [0.717, 1.165) is 49.6 Å². The molecule has 2 saturated heterocycles. The molecular formula is C68H72O8S2. The van der Waals surface area contributed by atoms with Crippen molar-refractivity contribution in [2.75, 3.05) is 6.61 Å². The van der Waals surface area contributed by atoms with Crippen LogP contribution >= 0.6 is 23.5 Å². The molecule has 2 aliphatic rings. The minimum Gasteiger partial charge on any atom is -0.374 e. The third-order valence-corrected chi connectivity index (χ3v) is 16.1. The van der Waals surface area contributed by atoms with Crippen LogP contribution < -0.4 is 0 Å². The Labute approximate surface area is 470 Å². The molecule has 2 fully saturated rings. The number of thioether (sulfide) groups is 2. The van der Waals surface area contributed by atoms with Crippen LogP contribution in [0.4, 0.5) is 0 Å². The van der Waals surface area contributed by atoms with E-state index in [1.807, 2.05) is 121 Å². The van der Waals surface area contributed by atoms with Crippen LogP contribution in [0.2, 0.25) is 0 Å². The first kappa shape index (κ1) is 56.8. The lowest BCUT2D eigenvalue weighted by Crippen LogP contribution is -2.59. The van der Waals surface area contributed by atoms with Crippen molar-refractivity contribution >= 4 is 23.5 Å². The Balaban J connectivity index is 0.000000190. The lowest BCUT2D eigenvalue weighted by Gasteiger charge is -2.46. The summed E-state index contributed by atoms with van der Waals surface area (Å²) in [5, 5.41) is 0. The van der Waals surface area contributed by atoms with Crippen LogP contribution in [-0.4, -0.2) is 60.2 Å². The van der Waals surface area contributed by atoms with Crippen molar-refractivity contribution < 1.29 is 37.9 Å². The van der Waals surface area contributed by atoms with Gasteiger partial charge in [0.2, 0.25) is 0 Å². The lowest BCUT2D eigenvalue weighted by molar-refractivity contribution is -0.246. The minimum absolute atomic E-state index is 0.0675. The fraction of sp³-hybridized carbons (Fsp3) is 0.294. The molecule has 10 heteroatoms. The van der Waals surface area contributed by atoms with Crippen molar-refractivity contribution in [3.63, 3.8) is 0 Å². The Morgan fingerprint density at radius 1 is 0.321 bits per heavy atom. The van der Waals surface area contributed by atoms with E-state index in [-0.39, 0.29) is 59.5 Å². The van der Waals surface area contributed by atoms with Gasteiger partial charge in [0.05, 0.1) is 64.6 Å². The van der Waals surface area contributed by atoms with Crippen LogP contribution in [-0.2, 0) is 77.5 Å². The zero-order valence-corrected chi connectivity index (χ0v) is 46.2. The monoisotopic (exact) mass is 1080 g/mol. The Bertz CT molecular complexity index is 2800. The van der Waals surface area contributed by atoms with E-state index >= 15 is 0 Å². The summed E-state index contributed by atoms with van der Waals surface area (Å²) >= 11 is 3.37. The third-order valence-electron chi connectivity index (χ3n) is 13.8. The molecule has 404 valence electrons. The van der Waals surface area contributed by atoms with E-state index in [1.54, 1.807) is 23.5 Å². The fourth-order valence-electron chi connectivity index (χ4n) is 9.58. The number of hydrogen-bond donors (Lipinski definition) is 0. The quantitative estimate of drug-likeness (QED) is 0.0584. The van der Waals surface area contributed by atoms with Gasteiger partial charge in [0.15, 0.2) is 0 Å². The van der Waals surface area contributed by atoms with E-state index < -0.39 is 0 Å². The summed E-state index contributed by atoms with van der Waals surface area (Å²) in [5.74, 6) is 0.0675. The van der Waals surface area contributed by atoms with Gasteiger partial charge in [0, 0.05) is 15.7 Å². The molecule has 2 aliphatic heterocycles. The van der Waals surface area contributed by atoms with Gasteiger partial charge in [-0.1, -0.05) is 256 Å². The molecule has 0 amide bonds. The van der Waals surface area contributed by atoms with E-state index in [0.29, 0.717) is 46.2 Å². The van der Waals surface area contributed by atoms with Crippen molar-refractivity contribution in [3.8, 4) is 0 Å². The average Bonchev–Trinajstić information content (AvgIpc) is 3.54. The standard InChI is InChI=1S/2C34H36O4S/c1-26-31(25-35-22-27-14-6-2-7-15-27)38-34(39-30-20-12-5-13-21-30)33(37-24-29-18-10-4-11-19-29)32(26)36-23-28-16-8-3-9-17-28;1-2-30-31(35-23-26-15-7-3-8-16-26)32(36-24-27-17-9-4-10-18-27)33(37-25-28-19-11-5-12-20-28)34(38-30)39-29-21-13-6-14-22-29/h2-21,26,31-34H,22-25H2,1H3;3-22,30-34H,2,23-25H2,1H3/t26-,31?,32+,33?,34+;30?,31-,32+,33?,34-/m00/s1. The van der Waals surface area contributed by atoms with Crippen LogP contribution in [0.1, 0.15) is 53.6 Å². The lowest BCUT2D eigenvalue weighted by atomic mass is 9.91. The molecule has 0 saturated carbocycles. The van der Waals surface area contributed by atoms with Crippen molar-refractivity contribution in [2.24, 2.45) is 5.92 Å². The molecule has 0 spiro atoms. The number of ether oxygens (including phenoxy) is 8. The summed E-state index contributed by atoms with van der Waals surface area (Å²) in [6.07, 6.45) is -0.845. The summed E-state index contributed by atoms with van der Waals surface area (Å²) in [7, 11) is 0. The van der Waals surface area contributed by atoms with E-state index in [4.69, 9.17) is 37.9 Å². The van der Waals surface area contributed by atoms with E-state index in [2.05, 4.69) is 135 Å². The fourth-order valence-corrected chi connectivity index (χ4v) is 11.9. The average molecular weight is 1080 g/mol. The topological polar surface area (TPSA) is 73.8 Å². The predicted molar refractivity (Wildman–Crippen MR) is 313 cm³/mol. The van der Waals surface area contributed by atoms with Crippen LogP contribution in [0, 0.1) is 5.92 Å². The summed E-state index contributed by atoms with van der Waals surface area (Å²) < 4.78 is 53.0. The van der Waals surface area contributed by atoms with Gasteiger partial charge in [-0.05, 0) is 64.1 Å². The normalized spacial score (nSPS) is 22.9. The van der Waals surface area contributed by atoms with Crippen LogP contribution in [0.5, 0.6) is 0 Å². The Hall–Kier alpha value is -5.86. The Morgan fingerprint density at radius 3 is 0.962 bits per heavy atom. The van der Waals surface area contributed by atoms with Gasteiger partial charge >= 0.3 is 0 Å². The van der Waals surface area contributed by atoms with Gasteiger partial charge in [-0.15, -0.1) is 0 Å². The molecule has 0 bridgehead atoms. The number of benzene rings is 8. The highest BCUT2D eigenvalue weighted by Gasteiger charge is 2.49. The highest BCUT2D eigenvalue weighted by Crippen LogP contribution is 2.41. The molecule has 78 heavy (non-hydrogen) atoms. The summed E-state index contributed by atoms with van der Waals surface area (Å²) in [5.41, 5.74) is 6.27. The van der Waals surface area contributed by atoms with Gasteiger partial charge in [0.25, 0.3) is 0 Å². The number of hydrogen-bond acceptors (Lipinski definition) is 10. The highest BCUT2D eigenvalue weighted by molar-refractivity contribution is 8.00. The summed E-state index contributed by atoms with van der Waals surface area (Å²) in [6.45, 7) is 7.80. The largest absolute Gasteiger partial charge is 0.374 e. The van der Waals surface area contributed by atoms with E-state index in [9.17, 15) is 0 Å². The van der Waals surface area contributed by atoms with Crippen molar-refractivity contribution in [1.29, 1.82) is 0 Å². The van der Waals surface area contributed by atoms with Gasteiger partial charge in [0.1, 0.15) is 35.3 Å². The zero-order valence-electron chi connectivity index (χ0n) is 44.6. The molecule has 0 radical (unpaired) electrons. The maximum absolute atomic E-state index is 6.76. The molecule has 10 rings (SSSR count). The molecular weight excluding hydrogens is 1010 g/mol. The molecule has 0 aliphatic carbocycles. The second-order valence-electron chi connectivity index (χ2n) is 19.5. The maximum atomic E-state index is 6.76. The second kappa shape index (κ2) is 31.1. The maximum Gasteiger partial charge on any atom is 0.136 e. The van der Waals surface area contributed by atoms with Gasteiger partial charge < -0.3 is 37.9 Å². The van der Waals surface area contributed by atoms with Gasteiger partial charge in [-0.2, -0.15) is 0 Å². The molecule has 8 aromatic carbocycles. The predicted octanol–water partition coefficient (Wildman–Crippen LogP) is 15.2. The number of rotatable bonds is 24. The molecule has 0 aromatic heterocycles. The summed E-state index contributed by atoms with van der Waals surface area (Å²) in [4.78, 5) is 2.27. The van der Waals surface area contributed by atoms with Crippen LogP contribution in [0.3, 0.4) is 0 Å². The Morgan fingerprint density at radius 2 is 0.603 bits per heavy atom. The third kappa shape index (κ3) is 17.3. The van der Waals surface area contributed by atoms with Crippen molar-refractivity contribution in [2.45, 2.75) is 123 Å². The molecule has 10 atom stereocenters. The molecule has 8 aromatic rings. The van der Waals surface area contributed by atoms with E-state index in [1.165, 1.54) is 0 Å². The van der Waals surface area contributed by atoms with Gasteiger partial charge in [-0.3, -0.25) is 0 Å². The molecule has 8 nitrogen and oxygen atoms in total. The summed E-state index contributed by atoms with van der Waals surface area (Å²) in [6, 6.07) is 82.4. The smallest absolute Gasteiger partial charge is 0.136 e. The molecule has 0 N–H and O–H groups in total. The zero-order chi connectivity index (χ0) is 53.4. The van der Waals surface area contributed by atoms with Gasteiger partial charge in [-0.25, -0.2) is 0 Å². The van der Waals surface area contributed by atoms with Crippen molar-refractivity contribution in [3.05, 3.63) is 276 Å². The SMILES string of the molecule is CCC1O[C@@H](Sc2ccccc2)C(OCc2ccccc2)[C@H](OCc2ccccc2)[C@H]1OCc1ccccc1.C[C@H]1C(COCc2ccccc2)O[C@H](Sc2ccccc2)C(OCc2ccccc2)[C@@H]1OCc1ccccc1. The minimum atomic E-state index is -0.345.